The monoisotopic (exact) mass is 448 g/mol. The van der Waals surface area contributed by atoms with Crippen molar-refractivity contribution in [1.82, 2.24) is 14.8 Å². The van der Waals surface area contributed by atoms with Crippen molar-refractivity contribution in [3.63, 3.8) is 0 Å². The predicted molar refractivity (Wildman–Crippen MR) is 134 cm³/mol. The summed E-state index contributed by atoms with van der Waals surface area (Å²) in [7, 11) is 0. The molecule has 1 N–H and O–H groups in total. The van der Waals surface area contributed by atoms with Crippen molar-refractivity contribution in [3.8, 4) is 11.4 Å². The average Bonchev–Trinajstić information content (AvgIpc) is 3.15. The highest BCUT2D eigenvalue weighted by molar-refractivity contribution is 7.99. The van der Waals surface area contributed by atoms with Crippen LogP contribution in [0.2, 0.25) is 0 Å². The fourth-order valence-electron chi connectivity index (χ4n) is 3.69. The number of thioether (sulfide) groups is 1. The molecule has 0 fully saturated rings. The van der Waals surface area contributed by atoms with E-state index in [4.69, 9.17) is 0 Å². The third kappa shape index (κ3) is 5.49. The minimum absolute atomic E-state index is 0.0461. The van der Waals surface area contributed by atoms with Crippen LogP contribution in [0.15, 0.2) is 60.3 Å². The van der Waals surface area contributed by atoms with Crippen LogP contribution in [-0.4, -0.2) is 26.4 Å². The van der Waals surface area contributed by atoms with Gasteiger partial charge in [-0.15, -0.1) is 16.8 Å². The minimum Gasteiger partial charge on any atom is -0.325 e. The van der Waals surface area contributed by atoms with Crippen LogP contribution in [0.4, 0.5) is 5.69 Å². The molecular formula is C26H32N4OS. The van der Waals surface area contributed by atoms with Crippen molar-refractivity contribution in [2.45, 2.75) is 58.2 Å². The number of aromatic nitrogens is 3. The summed E-state index contributed by atoms with van der Waals surface area (Å²) in [5.74, 6) is 1.64. The summed E-state index contributed by atoms with van der Waals surface area (Å²) in [5, 5.41) is 12.6. The average molecular weight is 449 g/mol. The number of carbonyl (C=O) groups is 1. The van der Waals surface area contributed by atoms with Gasteiger partial charge >= 0.3 is 0 Å². The zero-order valence-corrected chi connectivity index (χ0v) is 20.4. The third-order valence-corrected chi connectivity index (χ3v) is 6.24. The van der Waals surface area contributed by atoms with Gasteiger partial charge in [0.25, 0.3) is 0 Å². The number of nitrogens with zero attached hydrogens (tertiary/aromatic N) is 3. The summed E-state index contributed by atoms with van der Waals surface area (Å²) < 4.78 is 2.00. The van der Waals surface area contributed by atoms with Gasteiger partial charge in [0, 0.05) is 17.8 Å². The maximum absolute atomic E-state index is 12.9. The van der Waals surface area contributed by atoms with Gasteiger partial charge < -0.3 is 5.32 Å². The van der Waals surface area contributed by atoms with Crippen LogP contribution in [0.5, 0.6) is 0 Å². The van der Waals surface area contributed by atoms with Gasteiger partial charge in [-0.2, -0.15) is 0 Å². The van der Waals surface area contributed by atoms with Crippen LogP contribution in [-0.2, 0) is 11.3 Å². The number of allylic oxidation sites excluding steroid dienone is 1. The van der Waals surface area contributed by atoms with E-state index in [9.17, 15) is 4.79 Å². The number of carbonyl (C=O) groups excluding carboxylic acids is 1. The van der Waals surface area contributed by atoms with Crippen LogP contribution in [0.1, 0.15) is 56.2 Å². The summed E-state index contributed by atoms with van der Waals surface area (Å²) in [5.41, 5.74) is 5.42. The predicted octanol–water partition coefficient (Wildman–Crippen LogP) is 6.42. The molecule has 32 heavy (non-hydrogen) atoms. The second-order valence-corrected chi connectivity index (χ2v) is 9.48. The van der Waals surface area contributed by atoms with Gasteiger partial charge in [-0.1, -0.05) is 87.5 Å². The Morgan fingerprint density at radius 2 is 1.75 bits per heavy atom. The second-order valence-electron chi connectivity index (χ2n) is 8.53. The molecule has 0 bridgehead atoms. The number of hydrogen-bond acceptors (Lipinski definition) is 4. The smallest absolute Gasteiger partial charge is 0.234 e. The first-order valence-corrected chi connectivity index (χ1v) is 12.0. The summed E-state index contributed by atoms with van der Waals surface area (Å²) in [6, 6.07) is 14.4. The molecule has 168 valence electrons. The van der Waals surface area contributed by atoms with E-state index in [0.717, 1.165) is 33.8 Å². The number of benzene rings is 2. The van der Waals surface area contributed by atoms with Gasteiger partial charge in [-0.3, -0.25) is 9.36 Å². The van der Waals surface area contributed by atoms with Gasteiger partial charge in [0.1, 0.15) is 0 Å². The molecule has 0 aliphatic heterocycles. The molecular weight excluding hydrogens is 416 g/mol. The Hall–Kier alpha value is -2.86. The lowest BCUT2D eigenvalue weighted by Gasteiger charge is -2.20. The van der Waals surface area contributed by atoms with E-state index < -0.39 is 0 Å². The number of anilines is 1. The topological polar surface area (TPSA) is 59.8 Å². The Labute approximate surface area is 195 Å². The highest BCUT2D eigenvalue weighted by Gasteiger charge is 2.18. The molecule has 0 saturated heterocycles. The van der Waals surface area contributed by atoms with Crippen molar-refractivity contribution in [2.24, 2.45) is 0 Å². The van der Waals surface area contributed by atoms with Crippen LogP contribution in [0.25, 0.3) is 11.4 Å². The summed E-state index contributed by atoms with van der Waals surface area (Å²) in [6.45, 7) is 15.1. The van der Waals surface area contributed by atoms with Gasteiger partial charge in [0.2, 0.25) is 5.91 Å². The molecule has 0 saturated carbocycles. The van der Waals surface area contributed by atoms with Crippen molar-refractivity contribution in [2.75, 3.05) is 11.1 Å². The molecule has 0 aliphatic rings. The maximum Gasteiger partial charge on any atom is 0.234 e. The fraction of sp³-hybridized carbons (Fsp3) is 0.346. The number of rotatable bonds is 9. The van der Waals surface area contributed by atoms with Gasteiger partial charge in [-0.25, -0.2) is 0 Å². The lowest BCUT2D eigenvalue weighted by molar-refractivity contribution is -0.113. The molecule has 0 spiro atoms. The number of amides is 1. The second kappa shape index (κ2) is 10.6. The van der Waals surface area contributed by atoms with Crippen LogP contribution in [0.3, 0.4) is 0 Å². The van der Waals surface area contributed by atoms with E-state index in [0.29, 0.717) is 23.5 Å². The summed E-state index contributed by atoms with van der Waals surface area (Å²) in [4.78, 5) is 12.9. The number of para-hydroxylation sites is 1. The molecule has 1 heterocycles. The maximum atomic E-state index is 12.9. The lowest BCUT2D eigenvalue weighted by atomic mass is 9.92. The molecule has 3 aromatic rings. The molecule has 0 radical (unpaired) electrons. The molecule has 1 aromatic heterocycles. The first-order valence-electron chi connectivity index (χ1n) is 11.0. The van der Waals surface area contributed by atoms with Gasteiger partial charge in [-0.05, 0) is 36.0 Å². The Morgan fingerprint density at radius 3 is 2.34 bits per heavy atom. The van der Waals surface area contributed by atoms with Gasteiger partial charge in [0.05, 0.1) is 5.75 Å². The normalized spacial score (nSPS) is 11.2. The minimum atomic E-state index is -0.0461. The SMILES string of the molecule is C=CCn1c(SCC(=O)Nc2c(C(C)C)cccc2C(C)C)nnc1-c1cccc(C)c1. The van der Waals surface area contributed by atoms with Crippen LogP contribution in [0, 0.1) is 6.92 Å². The Balaban J connectivity index is 1.80. The summed E-state index contributed by atoms with van der Waals surface area (Å²) in [6.07, 6.45) is 1.82. The quantitative estimate of drug-likeness (QED) is 0.303. The highest BCUT2D eigenvalue weighted by atomic mass is 32.2. The summed E-state index contributed by atoms with van der Waals surface area (Å²) >= 11 is 1.39. The van der Waals surface area contributed by atoms with Crippen molar-refractivity contribution in [3.05, 3.63) is 71.8 Å². The zero-order chi connectivity index (χ0) is 23.3. The standard InChI is InChI=1S/C26H32N4OS/c1-7-14-30-25(20-11-8-10-19(6)15-20)28-29-26(30)32-16-23(31)27-24-21(17(2)3)12-9-13-22(24)18(4)5/h7-13,15,17-18H,1,14,16H2,2-6H3,(H,27,31). The molecule has 5 nitrogen and oxygen atoms in total. The van der Waals surface area contributed by atoms with Gasteiger partial charge in [0.15, 0.2) is 11.0 Å². The lowest BCUT2D eigenvalue weighted by Crippen LogP contribution is -2.18. The van der Waals surface area contributed by atoms with E-state index in [1.807, 2.05) is 22.8 Å². The van der Waals surface area contributed by atoms with E-state index in [1.54, 1.807) is 0 Å². The first kappa shape index (κ1) is 23.8. The Kier molecular flexibility index (Phi) is 7.91. The Bertz CT molecular complexity index is 1070. The zero-order valence-electron chi connectivity index (χ0n) is 19.6. The van der Waals surface area contributed by atoms with Crippen LogP contribution < -0.4 is 5.32 Å². The number of nitrogens with one attached hydrogen (secondary N) is 1. The molecule has 6 heteroatoms. The number of aryl methyl sites for hydroxylation is 1. The van der Waals surface area contributed by atoms with Crippen molar-refractivity contribution < 1.29 is 4.79 Å². The molecule has 2 aromatic carbocycles. The highest BCUT2D eigenvalue weighted by Crippen LogP contribution is 2.33. The third-order valence-electron chi connectivity index (χ3n) is 5.27. The fourth-order valence-corrected chi connectivity index (χ4v) is 4.44. The molecule has 0 unspecified atom stereocenters. The van der Waals surface area contributed by atoms with Crippen molar-refractivity contribution in [1.29, 1.82) is 0 Å². The van der Waals surface area contributed by atoms with E-state index in [1.165, 1.54) is 11.8 Å². The van der Waals surface area contributed by atoms with E-state index in [-0.39, 0.29) is 11.7 Å². The molecule has 0 aliphatic carbocycles. The largest absolute Gasteiger partial charge is 0.325 e. The van der Waals surface area contributed by atoms with E-state index >= 15 is 0 Å². The number of hydrogen-bond donors (Lipinski definition) is 1. The first-order chi connectivity index (χ1) is 15.3. The molecule has 0 atom stereocenters. The Morgan fingerprint density at radius 1 is 1.09 bits per heavy atom. The van der Waals surface area contributed by atoms with E-state index in [2.05, 4.69) is 87.0 Å². The molecule has 3 rings (SSSR count). The van der Waals surface area contributed by atoms with Crippen LogP contribution >= 0.6 is 11.8 Å². The molecule has 1 amide bonds. The van der Waals surface area contributed by atoms with Crippen molar-refractivity contribution >= 4 is 23.4 Å².